The Hall–Kier alpha value is -2.47. The fourth-order valence-electron chi connectivity index (χ4n) is 1.50. The first-order valence-corrected chi connectivity index (χ1v) is 6.54. The number of hydrogen-bond acceptors (Lipinski definition) is 7. The third-order valence-electron chi connectivity index (χ3n) is 2.61. The van der Waals surface area contributed by atoms with Crippen LogP contribution in [0, 0.1) is 10.1 Å². The summed E-state index contributed by atoms with van der Waals surface area (Å²) < 4.78 is 0. The maximum Gasteiger partial charge on any atom is 0.251 e. The van der Waals surface area contributed by atoms with Crippen LogP contribution in [0.2, 0.25) is 0 Å². The number of carbonyl (C=O) groups is 2. The summed E-state index contributed by atoms with van der Waals surface area (Å²) in [5, 5.41) is 11.7. The van der Waals surface area contributed by atoms with Crippen LogP contribution in [0.25, 0.3) is 0 Å². The van der Waals surface area contributed by atoms with Crippen molar-refractivity contribution in [3.8, 4) is 0 Å². The van der Waals surface area contributed by atoms with Gasteiger partial charge in [-0.3, -0.25) is 9.59 Å². The third kappa shape index (κ3) is 8.65. The highest BCUT2D eigenvalue weighted by Gasteiger charge is 2.21. The molecule has 12 heteroatoms. The minimum absolute atomic E-state index is 0.126. The maximum absolute atomic E-state index is 11.7. The zero-order valence-electron chi connectivity index (χ0n) is 12.0. The van der Waals surface area contributed by atoms with Gasteiger partial charge in [0.25, 0.3) is 5.96 Å². The summed E-state index contributed by atoms with van der Waals surface area (Å²) in [6, 6.07) is -1.72. The van der Waals surface area contributed by atoms with E-state index in [1.807, 2.05) is 0 Å². The molecule has 0 rings (SSSR count). The Labute approximate surface area is 126 Å². The molecular formula is C10H22N8O4. The molecule has 2 atom stereocenters. The SMILES string of the molecule is NCC[C@@H](N)C(=O)N[C@H](CCCN=C(N)N[N+](=O)[O-])C(N)=O. The van der Waals surface area contributed by atoms with E-state index in [0.29, 0.717) is 6.42 Å². The zero-order chi connectivity index (χ0) is 17.1. The molecule has 22 heavy (non-hydrogen) atoms. The summed E-state index contributed by atoms with van der Waals surface area (Å²) in [5.74, 6) is -1.59. The minimum Gasteiger partial charge on any atom is -0.368 e. The molecular weight excluding hydrogens is 296 g/mol. The van der Waals surface area contributed by atoms with Crippen LogP contribution in [-0.2, 0) is 9.59 Å². The Balaban J connectivity index is 4.29. The van der Waals surface area contributed by atoms with Crippen LogP contribution in [0.3, 0.4) is 0 Å². The standard InChI is InChI=1S/C10H22N8O4/c11-4-3-6(12)9(20)16-7(8(13)19)2-1-5-15-10(14)17-18(21)22/h6-7H,1-5,11-12H2,(H2,13,19)(H,16,20)(H3,14,15,17)/t6-,7-/m1/s1. The lowest BCUT2D eigenvalue weighted by Crippen LogP contribution is -2.50. The predicted molar refractivity (Wildman–Crippen MR) is 78.6 cm³/mol. The van der Waals surface area contributed by atoms with Crippen LogP contribution in [0.4, 0.5) is 0 Å². The molecule has 0 bridgehead atoms. The molecule has 0 saturated carbocycles. The highest BCUT2D eigenvalue weighted by Crippen LogP contribution is 1.99. The van der Waals surface area contributed by atoms with E-state index in [1.165, 1.54) is 0 Å². The molecule has 0 saturated heterocycles. The Morgan fingerprint density at radius 1 is 1.27 bits per heavy atom. The van der Waals surface area contributed by atoms with E-state index in [9.17, 15) is 19.7 Å². The second-order valence-electron chi connectivity index (χ2n) is 4.43. The molecule has 0 radical (unpaired) electrons. The summed E-state index contributed by atoms with van der Waals surface area (Å²) in [7, 11) is 0. The quantitative estimate of drug-likeness (QED) is 0.0778. The van der Waals surface area contributed by atoms with Gasteiger partial charge in [0.05, 0.1) is 6.04 Å². The fourth-order valence-corrected chi connectivity index (χ4v) is 1.50. The number of nitrogens with one attached hydrogen (secondary N) is 2. The van der Waals surface area contributed by atoms with E-state index in [4.69, 9.17) is 22.9 Å². The average molecular weight is 318 g/mol. The molecule has 0 spiro atoms. The van der Waals surface area contributed by atoms with Crippen LogP contribution in [-0.4, -0.2) is 48.0 Å². The normalized spacial score (nSPS) is 14.0. The van der Waals surface area contributed by atoms with E-state index in [1.54, 1.807) is 5.43 Å². The lowest BCUT2D eigenvalue weighted by atomic mass is 10.1. The summed E-state index contributed by atoms with van der Waals surface area (Å²) in [4.78, 5) is 36.7. The van der Waals surface area contributed by atoms with Crippen molar-refractivity contribution in [2.24, 2.45) is 27.9 Å². The van der Waals surface area contributed by atoms with Crippen molar-refractivity contribution in [3.05, 3.63) is 10.1 Å². The molecule has 0 aliphatic heterocycles. The van der Waals surface area contributed by atoms with Gasteiger partial charge in [0.1, 0.15) is 6.04 Å². The summed E-state index contributed by atoms with van der Waals surface area (Å²) in [6.45, 7) is 0.369. The molecule has 0 aromatic rings. The second kappa shape index (κ2) is 10.3. The summed E-state index contributed by atoms with van der Waals surface area (Å²) >= 11 is 0. The molecule has 0 heterocycles. The average Bonchev–Trinajstić information content (AvgIpc) is 2.41. The molecule has 0 unspecified atom stereocenters. The van der Waals surface area contributed by atoms with Gasteiger partial charge in [-0.15, -0.1) is 0 Å². The number of rotatable bonds is 10. The fraction of sp³-hybridized carbons (Fsp3) is 0.700. The smallest absolute Gasteiger partial charge is 0.251 e. The molecule has 126 valence electrons. The predicted octanol–water partition coefficient (Wildman–Crippen LogP) is -3.49. The summed E-state index contributed by atoms with van der Waals surface area (Å²) in [5.41, 5.74) is 22.9. The zero-order valence-corrected chi connectivity index (χ0v) is 12.0. The van der Waals surface area contributed by atoms with Crippen LogP contribution in [0.5, 0.6) is 0 Å². The number of nitrogens with zero attached hydrogens (tertiary/aromatic N) is 2. The topological polar surface area (TPSA) is 218 Å². The maximum atomic E-state index is 11.7. The first kappa shape index (κ1) is 19.5. The number of carbonyl (C=O) groups excluding carboxylic acids is 2. The van der Waals surface area contributed by atoms with Crippen molar-refractivity contribution < 1.29 is 14.6 Å². The molecule has 0 aliphatic rings. The Bertz CT molecular complexity index is 427. The molecule has 0 aromatic heterocycles. The van der Waals surface area contributed by atoms with Gasteiger partial charge in [-0.25, -0.2) is 15.1 Å². The van der Waals surface area contributed by atoms with Gasteiger partial charge in [-0.1, -0.05) is 5.43 Å². The number of nitro groups is 1. The lowest BCUT2D eigenvalue weighted by Gasteiger charge is -2.17. The number of aliphatic imine (C=N–C) groups is 1. The van der Waals surface area contributed by atoms with E-state index in [-0.39, 0.29) is 31.9 Å². The third-order valence-corrected chi connectivity index (χ3v) is 2.61. The molecule has 0 fully saturated rings. The monoisotopic (exact) mass is 318 g/mol. The molecule has 0 aromatic carbocycles. The van der Waals surface area contributed by atoms with Crippen molar-refractivity contribution in [3.63, 3.8) is 0 Å². The van der Waals surface area contributed by atoms with Crippen LogP contribution >= 0.6 is 0 Å². The van der Waals surface area contributed by atoms with Gasteiger partial charge < -0.3 is 28.3 Å². The van der Waals surface area contributed by atoms with E-state index in [2.05, 4.69) is 10.3 Å². The number of primary amides is 1. The Kier molecular flexibility index (Phi) is 9.13. The van der Waals surface area contributed by atoms with Gasteiger partial charge in [-0.05, 0) is 25.8 Å². The van der Waals surface area contributed by atoms with E-state index < -0.39 is 28.9 Å². The van der Waals surface area contributed by atoms with Crippen molar-refractivity contribution in [1.29, 1.82) is 0 Å². The van der Waals surface area contributed by atoms with Crippen molar-refractivity contribution in [2.75, 3.05) is 13.1 Å². The van der Waals surface area contributed by atoms with Crippen molar-refractivity contribution in [1.82, 2.24) is 10.7 Å². The second-order valence-corrected chi connectivity index (χ2v) is 4.43. The van der Waals surface area contributed by atoms with Crippen LogP contribution in [0.15, 0.2) is 4.99 Å². The Morgan fingerprint density at radius 3 is 2.41 bits per heavy atom. The lowest BCUT2D eigenvalue weighted by molar-refractivity contribution is -0.525. The summed E-state index contributed by atoms with van der Waals surface area (Å²) in [6.07, 6.45) is 0.816. The minimum atomic E-state index is -0.906. The van der Waals surface area contributed by atoms with E-state index >= 15 is 0 Å². The molecule has 10 N–H and O–H groups in total. The van der Waals surface area contributed by atoms with E-state index in [0.717, 1.165) is 0 Å². The highest BCUT2D eigenvalue weighted by atomic mass is 16.7. The number of hydrogen-bond donors (Lipinski definition) is 6. The first-order chi connectivity index (χ1) is 10.3. The highest BCUT2D eigenvalue weighted by molar-refractivity contribution is 5.88. The van der Waals surface area contributed by atoms with Gasteiger partial charge in [0, 0.05) is 6.54 Å². The number of amides is 2. The van der Waals surface area contributed by atoms with Crippen LogP contribution in [0.1, 0.15) is 19.3 Å². The van der Waals surface area contributed by atoms with Gasteiger partial charge in [0.15, 0.2) is 5.03 Å². The van der Waals surface area contributed by atoms with Crippen LogP contribution < -0.4 is 33.7 Å². The largest absolute Gasteiger partial charge is 0.368 e. The van der Waals surface area contributed by atoms with Gasteiger partial charge in [-0.2, -0.15) is 0 Å². The first-order valence-electron chi connectivity index (χ1n) is 6.54. The van der Waals surface area contributed by atoms with Crippen molar-refractivity contribution in [2.45, 2.75) is 31.3 Å². The number of hydrazine groups is 1. The Morgan fingerprint density at radius 2 is 1.91 bits per heavy atom. The van der Waals surface area contributed by atoms with Gasteiger partial charge >= 0.3 is 0 Å². The van der Waals surface area contributed by atoms with Crippen molar-refractivity contribution >= 4 is 17.8 Å². The molecule has 12 nitrogen and oxygen atoms in total. The molecule has 0 aliphatic carbocycles. The number of nitrogens with two attached hydrogens (primary N) is 4. The molecule has 2 amide bonds. The number of guanidine groups is 1. The van der Waals surface area contributed by atoms with Gasteiger partial charge in [0.2, 0.25) is 11.8 Å².